The minimum atomic E-state index is -0.468. The van der Waals surface area contributed by atoms with Crippen molar-refractivity contribution in [3.8, 4) is 11.5 Å². The van der Waals surface area contributed by atoms with E-state index in [9.17, 15) is 5.11 Å². The number of piperazine rings is 1. The van der Waals surface area contributed by atoms with E-state index in [1.165, 1.54) is 0 Å². The van der Waals surface area contributed by atoms with Crippen LogP contribution in [0.15, 0.2) is 18.2 Å². The number of hydrogen-bond acceptors (Lipinski definition) is 5. The van der Waals surface area contributed by atoms with Gasteiger partial charge in [-0.15, -0.1) is 0 Å². The molecule has 0 saturated carbocycles. The smallest absolute Gasteiger partial charge is 0.161 e. The molecule has 0 bridgehead atoms. The zero-order chi connectivity index (χ0) is 15.2. The summed E-state index contributed by atoms with van der Waals surface area (Å²) in [6, 6.07) is 5.59. The summed E-state index contributed by atoms with van der Waals surface area (Å²) in [5.74, 6) is 1.35. The molecule has 21 heavy (non-hydrogen) atoms. The summed E-state index contributed by atoms with van der Waals surface area (Å²) in [6.45, 7) is 5.28. The van der Waals surface area contributed by atoms with E-state index in [4.69, 9.17) is 9.47 Å². The van der Waals surface area contributed by atoms with Crippen molar-refractivity contribution in [3.05, 3.63) is 23.8 Å². The van der Waals surface area contributed by atoms with Crippen LogP contribution in [0, 0.1) is 0 Å². The zero-order valence-corrected chi connectivity index (χ0v) is 13.2. The van der Waals surface area contributed by atoms with Crippen molar-refractivity contribution in [3.63, 3.8) is 0 Å². The molecule has 1 aliphatic rings. The summed E-state index contributed by atoms with van der Waals surface area (Å²) >= 11 is 0. The number of aliphatic hydroxyl groups is 1. The van der Waals surface area contributed by atoms with Gasteiger partial charge in [-0.2, -0.15) is 0 Å². The molecule has 118 valence electrons. The molecule has 1 saturated heterocycles. The maximum Gasteiger partial charge on any atom is 0.161 e. The van der Waals surface area contributed by atoms with Crippen molar-refractivity contribution >= 4 is 0 Å². The molecule has 5 heteroatoms. The molecule has 2 rings (SSSR count). The van der Waals surface area contributed by atoms with E-state index in [1.54, 1.807) is 14.2 Å². The Bertz CT molecular complexity index is 445. The Hall–Kier alpha value is -1.30. The second-order valence-electron chi connectivity index (χ2n) is 5.56. The highest BCUT2D eigenvalue weighted by atomic mass is 16.5. The van der Waals surface area contributed by atoms with Crippen molar-refractivity contribution in [2.45, 2.75) is 12.5 Å². The SMILES string of the molecule is COc1ccc(C(O)CCN2CCN(C)CC2)cc1OC. The molecule has 1 unspecified atom stereocenters. The van der Waals surface area contributed by atoms with Gasteiger partial charge in [0.1, 0.15) is 0 Å². The first kappa shape index (κ1) is 16.1. The third kappa shape index (κ3) is 4.33. The van der Waals surface area contributed by atoms with Gasteiger partial charge < -0.3 is 24.4 Å². The molecule has 0 radical (unpaired) electrons. The Labute approximate surface area is 127 Å². The Morgan fingerprint density at radius 3 is 2.38 bits per heavy atom. The van der Waals surface area contributed by atoms with Crippen molar-refractivity contribution < 1.29 is 14.6 Å². The second kappa shape index (κ2) is 7.64. The van der Waals surface area contributed by atoms with E-state index in [1.807, 2.05) is 18.2 Å². The van der Waals surface area contributed by atoms with Crippen LogP contribution in [-0.2, 0) is 0 Å². The maximum atomic E-state index is 10.4. The molecule has 1 aromatic rings. The van der Waals surface area contributed by atoms with Gasteiger partial charge >= 0.3 is 0 Å². The van der Waals surface area contributed by atoms with Gasteiger partial charge in [0.25, 0.3) is 0 Å². The van der Waals surface area contributed by atoms with E-state index in [0.29, 0.717) is 11.5 Å². The maximum absolute atomic E-state index is 10.4. The average Bonchev–Trinajstić information content (AvgIpc) is 2.53. The molecule has 1 N–H and O–H groups in total. The molecular weight excluding hydrogens is 268 g/mol. The lowest BCUT2D eigenvalue weighted by atomic mass is 10.1. The molecule has 0 aromatic heterocycles. The van der Waals surface area contributed by atoms with Crippen LogP contribution in [0.3, 0.4) is 0 Å². The number of methoxy groups -OCH3 is 2. The van der Waals surface area contributed by atoms with Crippen molar-refractivity contribution in [2.75, 3.05) is 54.0 Å². The summed E-state index contributed by atoms with van der Waals surface area (Å²) in [5.41, 5.74) is 0.877. The highest BCUT2D eigenvalue weighted by molar-refractivity contribution is 5.43. The number of ether oxygens (including phenoxy) is 2. The predicted octanol–water partition coefficient (Wildman–Crippen LogP) is 1.37. The molecule has 5 nitrogen and oxygen atoms in total. The first-order valence-corrected chi connectivity index (χ1v) is 7.45. The fourth-order valence-electron chi connectivity index (χ4n) is 2.60. The first-order chi connectivity index (χ1) is 10.1. The van der Waals surface area contributed by atoms with Crippen LogP contribution in [0.4, 0.5) is 0 Å². The van der Waals surface area contributed by atoms with Gasteiger partial charge in [-0.3, -0.25) is 0 Å². The molecule has 0 spiro atoms. The van der Waals surface area contributed by atoms with E-state index >= 15 is 0 Å². The molecule has 1 aliphatic heterocycles. The fourth-order valence-corrected chi connectivity index (χ4v) is 2.60. The highest BCUT2D eigenvalue weighted by Gasteiger charge is 2.16. The largest absolute Gasteiger partial charge is 0.493 e. The minimum Gasteiger partial charge on any atom is -0.493 e. The lowest BCUT2D eigenvalue weighted by molar-refractivity contribution is 0.112. The first-order valence-electron chi connectivity index (χ1n) is 7.45. The Kier molecular flexibility index (Phi) is 5.85. The van der Waals surface area contributed by atoms with E-state index in [-0.39, 0.29) is 0 Å². The lowest BCUT2D eigenvalue weighted by Gasteiger charge is -2.32. The van der Waals surface area contributed by atoms with E-state index in [2.05, 4.69) is 16.8 Å². The molecule has 0 amide bonds. The number of rotatable bonds is 6. The van der Waals surface area contributed by atoms with Gasteiger partial charge in [0.05, 0.1) is 20.3 Å². The van der Waals surface area contributed by atoms with Gasteiger partial charge in [0.15, 0.2) is 11.5 Å². The lowest BCUT2D eigenvalue weighted by Crippen LogP contribution is -2.44. The van der Waals surface area contributed by atoms with Crippen LogP contribution in [-0.4, -0.2) is 68.9 Å². The van der Waals surface area contributed by atoms with Crippen LogP contribution in [0.5, 0.6) is 11.5 Å². The van der Waals surface area contributed by atoms with Gasteiger partial charge in [-0.05, 0) is 31.2 Å². The number of hydrogen-bond donors (Lipinski definition) is 1. The second-order valence-corrected chi connectivity index (χ2v) is 5.56. The quantitative estimate of drug-likeness (QED) is 0.858. The third-order valence-corrected chi connectivity index (χ3v) is 4.11. The zero-order valence-electron chi connectivity index (χ0n) is 13.2. The Morgan fingerprint density at radius 1 is 1.10 bits per heavy atom. The van der Waals surface area contributed by atoms with Crippen LogP contribution in [0.1, 0.15) is 18.1 Å². The fraction of sp³-hybridized carbons (Fsp3) is 0.625. The van der Waals surface area contributed by atoms with Crippen molar-refractivity contribution in [2.24, 2.45) is 0 Å². The summed E-state index contributed by atoms with van der Waals surface area (Å²) in [5, 5.41) is 10.4. The average molecular weight is 294 g/mol. The minimum absolute atomic E-state index is 0.468. The van der Waals surface area contributed by atoms with E-state index in [0.717, 1.165) is 44.7 Å². The van der Waals surface area contributed by atoms with Gasteiger partial charge in [-0.25, -0.2) is 0 Å². The molecule has 1 heterocycles. The summed E-state index contributed by atoms with van der Waals surface area (Å²) in [4.78, 5) is 4.74. The van der Waals surface area contributed by atoms with Crippen LogP contribution in [0.25, 0.3) is 0 Å². The summed E-state index contributed by atoms with van der Waals surface area (Å²) in [6.07, 6.45) is 0.267. The molecule has 1 fully saturated rings. The molecular formula is C16H26N2O3. The number of aliphatic hydroxyl groups excluding tert-OH is 1. The molecule has 1 atom stereocenters. The van der Waals surface area contributed by atoms with Crippen LogP contribution >= 0.6 is 0 Å². The van der Waals surface area contributed by atoms with E-state index < -0.39 is 6.10 Å². The number of benzene rings is 1. The van der Waals surface area contributed by atoms with Gasteiger partial charge in [-0.1, -0.05) is 6.07 Å². The normalized spacial score (nSPS) is 18.5. The van der Waals surface area contributed by atoms with Crippen LogP contribution in [0.2, 0.25) is 0 Å². The molecule has 1 aromatic carbocycles. The van der Waals surface area contributed by atoms with Gasteiger partial charge in [0.2, 0.25) is 0 Å². The Balaban J connectivity index is 1.89. The predicted molar refractivity (Wildman–Crippen MR) is 83.1 cm³/mol. The standard InChI is InChI=1S/C16H26N2O3/c1-17-8-10-18(11-9-17)7-6-14(19)13-4-5-15(20-2)16(12-13)21-3/h4-5,12,14,19H,6-11H2,1-3H3. The van der Waals surface area contributed by atoms with Crippen molar-refractivity contribution in [1.29, 1.82) is 0 Å². The third-order valence-electron chi connectivity index (χ3n) is 4.11. The number of nitrogens with zero attached hydrogens (tertiary/aromatic N) is 2. The summed E-state index contributed by atoms with van der Waals surface area (Å²) in [7, 11) is 5.37. The Morgan fingerprint density at radius 2 is 1.76 bits per heavy atom. The number of likely N-dealkylation sites (N-methyl/N-ethyl adjacent to an activating group) is 1. The highest BCUT2D eigenvalue weighted by Crippen LogP contribution is 2.30. The van der Waals surface area contributed by atoms with Crippen molar-refractivity contribution in [1.82, 2.24) is 9.80 Å². The molecule has 0 aliphatic carbocycles. The summed E-state index contributed by atoms with van der Waals surface area (Å²) < 4.78 is 10.5. The topological polar surface area (TPSA) is 45.2 Å². The van der Waals surface area contributed by atoms with Gasteiger partial charge in [0, 0.05) is 32.7 Å². The monoisotopic (exact) mass is 294 g/mol. The van der Waals surface area contributed by atoms with Crippen LogP contribution < -0.4 is 9.47 Å².